The van der Waals surface area contributed by atoms with Gasteiger partial charge in [0.05, 0.1) is 5.41 Å². The molecule has 0 fully saturated rings. The minimum Gasteiger partial charge on any atom is -0.309 e. The first kappa shape index (κ1) is 12.3. The van der Waals surface area contributed by atoms with Crippen molar-refractivity contribution in [3.8, 4) is 0 Å². The lowest BCUT2D eigenvalue weighted by Gasteiger charge is -2.15. The van der Waals surface area contributed by atoms with Gasteiger partial charge in [0, 0.05) is 6.42 Å². The van der Waals surface area contributed by atoms with Crippen LogP contribution in [-0.4, -0.2) is 37.6 Å². The van der Waals surface area contributed by atoms with Gasteiger partial charge in [0.1, 0.15) is 12.1 Å². The van der Waals surface area contributed by atoms with Gasteiger partial charge in [-0.3, -0.25) is 4.79 Å². The topological polar surface area (TPSA) is 37.4 Å². The van der Waals surface area contributed by atoms with E-state index in [0.29, 0.717) is 6.42 Å². The quantitative estimate of drug-likeness (QED) is 0.459. The van der Waals surface area contributed by atoms with Gasteiger partial charge in [-0.15, -0.1) is 0 Å². The van der Waals surface area contributed by atoms with E-state index in [-0.39, 0.29) is 5.78 Å². The smallest absolute Gasteiger partial charge is 0.145 e. The molecule has 0 saturated carbocycles. The molecule has 0 aromatic heterocycles. The van der Waals surface area contributed by atoms with E-state index in [4.69, 9.17) is 0 Å². The third kappa shape index (κ3) is 4.78. The maximum absolute atomic E-state index is 11.4. The van der Waals surface area contributed by atoms with Crippen molar-refractivity contribution in [2.45, 2.75) is 26.7 Å². The molecule has 0 unspecified atom stereocenters. The van der Waals surface area contributed by atoms with E-state index in [2.05, 4.69) is 0 Å². The van der Waals surface area contributed by atoms with Crippen LogP contribution >= 0.6 is 0 Å². The Kier molecular flexibility index (Phi) is 4.85. The van der Waals surface area contributed by atoms with E-state index in [1.54, 1.807) is 13.8 Å². The van der Waals surface area contributed by atoms with E-state index >= 15 is 0 Å². The van der Waals surface area contributed by atoms with Gasteiger partial charge < -0.3 is 9.69 Å². The number of hydrogen-bond acceptors (Lipinski definition) is 3. The number of Topliss-reactive ketones (excluding diaryl/α,β-unsaturated/α-hetero) is 1. The fourth-order valence-electron chi connectivity index (χ4n) is 0.944. The Hall–Kier alpha value is -0.700. The van der Waals surface area contributed by atoms with Gasteiger partial charge in [0.15, 0.2) is 0 Å². The highest BCUT2D eigenvalue weighted by atomic mass is 16.1. The second-order valence-electron chi connectivity index (χ2n) is 4.17. The van der Waals surface area contributed by atoms with Crippen molar-refractivity contribution in [2.75, 3.05) is 20.6 Å². The molecule has 3 nitrogen and oxygen atoms in total. The Morgan fingerprint density at radius 3 is 2.31 bits per heavy atom. The van der Waals surface area contributed by atoms with Crippen LogP contribution in [0.2, 0.25) is 0 Å². The van der Waals surface area contributed by atoms with Gasteiger partial charge in [0.25, 0.3) is 0 Å². The summed E-state index contributed by atoms with van der Waals surface area (Å²) in [6.45, 7) is 4.22. The Labute approximate surface area is 80.1 Å². The first-order valence-corrected chi connectivity index (χ1v) is 4.54. The number of rotatable bonds is 6. The second-order valence-corrected chi connectivity index (χ2v) is 4.17. The molecule has 0 heterocycles. The highest BCUT2D eigenvalue weighted by Crippen LogP contribution is 2.15. The first-order valence-electron chi connectivity index (χ1n) is 4.54. The van der Waals surface area contributed by atoms with Crippen LogP contribution in [0.25, 0.3) is 0 Å². The van der Waals surface area contributed by atoms with E-state index < -0.39 is 5.41 Å². The van der Waals surface area contributed by atoms with Crippen molar-refractivity contribution >= 4 is 12.1 Å². The van der Waals surface area contributed by atoms with Crippen LogP contribution in [0.4, 0.5) is 0 Å². The standard InChI is InChI=1S/C10H19NO2/c1-10(2,8-12)9(13)6-5-7-11(3)4/h8H,5-7H2,1-4H3. The maximum Gasteiger partial charge on any atom is 0.145 e. The Morgan fingerprint density at radius 1 is 1.38 bits per heavy atom. The summed E-state index contributed by atoms with van der Waals surface area (Å²) in [6.07, 6.45) is 2.04. The summed E-state index contributed by atoms with van der Waals surface area (Å²) in [7, 11) is 3.94. The molecule has 0 rings (SSSR count). The highest BCUT2D eigenvalue weighted by molar-refractivity contribution is 5.97. The van der Waals surface area contributed by atoms with Crippen molar-refractivity contribution in [3.63, 3.8) is 0 Å². The SMILES string of the molecule is CN(C)CCCC(=O)C(C)(C)C=O. The molecule has 0 spiro atoms. The average Bonchev–Trinajstić information content (AvgIpc) is 2.03. The fraction of sp³-hybridized carbons (Fsp3) is 0.800. The summed E-state index contributed by atoms with van der Waals surface area (Å²) in [5.74, 6) is 0.0318. The molecular weight excluding hydrogens is 166 g/mol. The lowest BCUT2D eigenvalue weighted by atomic mass is 9.87. The molecule has 0 radical (unpaired) electrons. The number of carbonyl (C=O) groups excluding carboxylic acids is 2. The zero-order valence-electron chi connectivity index (χ0n) is 8.96. The molecule has 0 saturated heterocycles. The summed E-state index contributed by atoms with van der Waals surface area (Å²) < 4.78 is 0. The van der Waals surface area contributed by atoms with Gasteiger partial charge >= 0.3 is 0 Å². The number of nitrogens with zero attached hydrogens (tertiary/aromatic N) is 1. The molecule has 0 atom stereocenters. The minimum absolute atomic E-state index is 0.0318. The average molecular weight is 185 g/mol. The van der Waals surface area contributed by atoms with Crippen LogP contribution < -0.4 is 0 Å². The molecule has 0 aromatic rings. The lowest BCUT2D eigenvalue weighted by Crippen LogP contribution is -2.26. The summed E-state index contributed by atoms with van der Waals surface area (Å²) >= 11 is 0. The predicted octanol–water partition coefficient (Wildman–Crippen LogP) is 1.12. The monoisotopic (exact) mass is 185 g/mol. The summed E-state index contributed by atoms with van der Waals surface area (Å²) in [4.78, 5) is 24.0. The van der Waals surface area contributed by atoms with Crippen molar-refractivity contribution in [2.24, 2.45) is 5.41 Å². The van der Waals surface area contributed by atoms with Crippen LogP contribution in [-0.2, 0) is 9.59 Å². The highest BCUT2D eigenvalue weighted by Gasteiger charge is 2.25. The largest absolute Gasteiger partial charge is 0.309 e. The molecule has 0 aromatic carbocycles. The first-order chi connectivity index (χ1) is 5.90. The summed E-state index contributed by atoms with van der Waals surface area (Å²) in [5.41, 5.74) is -0.799. The zero-order valence-corrected chi connectivity index (χ0v) is 8.96. The van der Waals surface area contributed by atoms with E-state index in [1.165, 1.54) is 0 Å². The molecule has 0 aliphatic heterocycles. The maximum atomic E-state index is 11.4. The molecule has 0 aliphatic rings. The van der Waals surface area contributed by atoms with Gasteiger partial charge in [-0.05, 0) is 40.9 Å². The molecule has 0 aliphatic carbocycles. The van der Waals surface area contributed by atoms with Gasteiger partial charge in [0.2, 0.25) is 0 Å². The van der Waals surface area contributed by atoms with Crippen LogP contribution in [0.5, 0.6) is 0 Å². The van der Waals surface area contributed by atoms with Gasteiger partial charge in [-0.1, -0.05) is 0 Å². The van der Waals surface area contributed by atoms with Crippen molar-refractivity contribution in [3.05, 3.63) is 0 Å². The number of hydrogen-bond donors (Lipinski definition) is 0. The Balaban J connectivity index is 3.81. The molecule has 13 heavy (non-hydrogen) atoms. The van der Waals surface area contributed by atoms with Crippen LogP contribution in [0.3, 0.4) is 0 Å². The molecule has 0 amide bonds. The van der Waals surface area contributed by atoms with E-state index in [0.717, 1.165) is 19.3 Å². The zero-order chi connectivity index (χ0) is 10.5. The van der Waals surface area contributed by atoms with E-state index in [1.807, 2.05) is 19.0 Å². The van der Waals surface area contributed by atoms with Crippen molar-refractivity contribution < 1.29 is 9.59 Å². The fourth-order valence-corrected chi connectivity index (χ4v) is 0.944. The molecule has 0 bridgehead atoms. The van der Waals surface area contributed by atoms with Gasteiger partial charge in [-0.25, -0.2) is 0 Å². The number of aldehydes is 1. The summed E-state index contributed by atoms with van der Waals surface area (Å²) in [6, 6.07) is 0. The molecule has 76 valence electrons. The molecular formula is C10H19NO2. The number of carbonyl (C=O) groups is 2. The van der Waals surface area contributed by atoms with Crippen LogP contribution in [0.1, 0.15) is 26.7 Å². The third-order valence-electron chi connectivity index (χ3n) is 2.02. The molecule has 3 heteroatoms. The molecule has 0 N–H and O–H groups in total. The Bertz CT molecular complexity index is 185. The van der Waals surface area contributed by atoms with E-state index in [9.17, 15) is 9.59 Å². The number of ketones is 1. The van der Waals surface area contributed by atoms with Crippen molar-refractivity contribution in [1.82, 2.24) is 4.90 Å². The normalized spacial score (nSPS) is 11.8. The predicted molar refractivity (Wildman–Crippen MR) is 52.6 cm³/mol. The third-order valence-corrected chi connectivity index (χ3v) is 2.02. The van der Waals surface area contributed by atoms with Crippen LogP contribution in [0.15, 0.2) is 0 Å². The minimum atomic E-state index is -0.799. The second kappa shape index (κ2) is 5.12. The van der Waals surface area contributed by atoms with Crippen LogP contribution in [0, 0.1) is 5.41 Å². The summed E-state index contributed by atoms with van der Waals surface area (Å²) in [5, 5.41) is 0. The lowest BCUT2D eigenvalue weighted by molar-refractivity contribution is -0.132. The Morgan fingerprint density at radius 2 is 1.92 bits per heavy atom. The van der Waals surface area contributed by atoms with Crippen molar-refractivity contribution in [1.29, 1.82) is 0 Å². The van der Waals surface area contributed by atoms with Gasteiger partial charge in [-0.2, -0.15) is 0 Å².